The van der Waals surface area contributed by atoms with E-state index in [0.29, 0.717) is 0 Å². The van der Waals surface area contributed by atoms with E-state index >= 15 is 0 Å². The van der Waals surface area contributed by atoms with Gasteiger partial charge in [-0.1, -0.05) is 12.1 Å². The largest absolute Gasteiger partial charge is 0.417 e. The monoisotopic (exact) mass is 300 g/mol. The van der Waals surface area contributed by atoms with Crippen molar-refractivity contribution >= 4 is 5.69 Å². The predicted octanol–water partition coefficient (Wildman–Crippen LogP) is 3.12. The van der Waals surface area contributed by atoms with Crippen LogP contribution >= 0.6 is 0 Å². The van der Waals surface area contributed by atoms with Crippen molar-refractivity contribution in [1.82, 2.24) is 4.57 Å². The van der Waals surface area contributed by atoms with Crippen LogP contribution in [-0.2, 0) is 12.7 Å². The third kappa shape index (κ3) is 3.84. The Balaban J connectivity index is 2.07. The molecule has 1 aromatic heterocycles. The van der Waals surface area contributed by atoms with E-state index in [2.05, 4.69) is 5.32 Å². The van der Waals surface area contributed by atoms with E-state index in [-0.39, 0.29) is 18.8 Å². The van der Waals surface area contributed by atoms with E-state index in [1.807, 2.05) is 0 Å². The first-order chi connectivity index (χ1) is 9.88. The summed E-state index contributed by atoms with van der Waals surface area (Å²) in [5, 5.41) is 2.73. The van der Waals surface area contributed by atoms with E-state index in [9.17, 15) is 22.4 Å². The zero-order valence-corrected chi connectivity index (χ0v) is 10.8. The van der Waals surface area contributed by atoms with Gasteiger partial charge in [-0.05, 0) is 18.2 Å². The first-order valence-electron chi connectivity index (χ1n) is 6.14. The van der Waals surface area contributed by atoms with Crippen LogP contribution in [0.2, 0.25) is 0 Å². The molecule has 2 rings (SSSR count). The number of para-hydroxylation sites is 1. The molecule has 0 amide bonds. The molecule has 0 fully saturated rings. The van der Waals surface area contributed by atoms with Crippen molar-refractivity contribution in [2.45, 2.75) is 12.7 Å². The molecule has 0 aliphatic heterocycles. The van der Waals surface area contributed by atoms with Crippen LogP contribution in [0.5, 0.6) is 0 Å². The molecule has 2 aromatic rings. The Morgan fingerprint density at radius 2 is 1.81 bits per heavy atom. The van der Waals surface area contributed by atoms with Gasteiger partial charge < -0.3 is 9.88 Å². The van der Waals surface area contributed by atoms with Crippen LogP contribution in [-0.4, -0.2) is 11.1 Å². The minimum atomic E-state index is -4.51. The minimum absolute atomic E-state index is 0.00289. The molecule has 1 heterocycles. The zero-order valence-electron chi connectivity index (χ0n) is 10.8. The standard InChI is InChI=1S/C14H12F4N2O/c15-11-3-1-2-4-12(11)19-7-8-20-9-10(14(16,17)18)5-6-13(20)21/h1-6,9,19H,7-8H2. The molecule has 0 aliphatic carbocycles. The predicted molar refractivity (Wildman–Crippen MR) is 70.6 cm³/mol. The van der Waals surface area contributed by atoms with Crippen molar-refractivity contribution in [3.8, 4) is 0 Å². The average molecular weight is 300 g/mol. The lowest BCUT2D eigenvalue weighted by Crippen LogP contribution is -2.24. The van der Waals surface area contributed by atoms with Crippen molar-refractivity contribution < 1.29 is 17.6 Å². The number of benzene rings is 1. The number of anilines is 1. The maximum absolute atomic E-state index is 13.3. The van der Waals surface area contributed by atoms with Crippen LogP contribution in [0.4, 0.5) is 23.2 Å². The van der Waals surface area contributed by atoms with Crippen LogP contribution in [0.1, 0.15) is 5.56 Å². The number of rotatable bonds is 4. The van der Waals surface area contributed by atoms with Crippen LogP contribution in [0.25, 0.3) is 0 Å². The second kappa shape index (κ2) is 5.99. The highest BCUT2D eigenvalue weighted by Gasteiger charge is 2.30. The highest BCUT2D eigenvalue weighted by atomic mass is 19.4. The van der Waals surface area contributed by atoms with Crippen LogP contribution in [0.15, 0.2) is 47.4 Å². The van der Waals surface area contributed by atoms with Gasteiger partial charge in [0.2, 0.25) is 0 Å². The SMILES string of the molecule is O=c1ccc(C(F)(F)F)cn1CCNc1ccccc1F. The number of pyridine rings is 1. The quantitative estimate of drug-likeness (QED) is 0.880. The molecule has 0 unspecified atom stereocenters. The lowest BCUT2D eigenvalue weighted by Gasteiger charge is -2.12. The fourth-order valence-electron chi connectivity index (χ4n) is 1.79. The van der Waals surface area contributed by atoms with E-state index in [1.54, 1.807) is 6.07 Å². The van der Waals surface area contributed by atoms with Gasteiger partial charge in [-0.3, -0.25) is 4.79 Å². The highest BCUT2D eigenvalue weighted by molar-refractivity contribution is 5.44. The van der Waals surface area contributed by atoms with Gasteiger partial charge in [0.1, 0.15) is 5.82 Å². The van der Waals surface area contributed by atoms with Gasteiger partial charge in [-0.25, -0.2) is 4.39 Å². The normalized spacial score (nSPS) is 11.4. The summed E-state index contributed by atoms with van der Waals surface area (Å²) >= 11 is 0. The van der Waals surface area contributed by atoms with Gasteiger partial charge in [0.15, 0.2) is 0 Å². The third-order valence-electron chi connectivity index (χ3n) is 2.85. The molecular weight excluding hydrogens is 288 g/mol. The summed E-state index contributed by atoms with van der Waals surface area (Å²) in [6, 6.07) is 7.53. The fourth-order valence-corrected chi connectivity index (χ4v) is 1.79. The molecule has 0 bridgehead atoms. The number of alkyl halides is 3. The van der Waals surface area contributed by atoms with E-state index in [4.69, 9.17) is 0 Å². The van der Waals surface area contributed by atoms with Gasteiger partial charge in [-0.15, -0.1) is 0 Å². The Bertz CT molecular complexity index is 679. The van der Waals surface area contributed by atoms with E-state index < -0.39 is 23.1 Å². The summed E-state index contributed by atoms with van der Waals surface area (Å²) in [5.41, 5.74) is -1.20. The van der Waals surface area contributed by atoms with Gasteiger partial charge in [0, 0.05) is 25.4 Å². The number of halogens is 4. The Labute approximate surface area is 117 Å². The molecule has 0 atom stereocenters. The lowest BCUT2D eigenvalue weighted by atomic mass is 10.2. The van der Waals surface area contributed by atoms with Crippen molar-refractivity contribution in [2.75, 3.05) is 11.9 Å². The summed E-state index contributed by atoms with van der Waals surface area (Å²) in [6.45, 7) is 0.124. The number of nitrogens with one attached hydrogen (secondary N) is 1. The second-order valence-corrected chi connectivity index (χ2v) is 4.35. The minimum Gasteiger partial charge on any atom is -0.381 e. The summed E-state index contributed by atoms with van der Waals surface area (Å²) in [6.07, 6.45) is -3.75. The lowest BCUT2D eigenvalue weighted by molar-refractivity contribution is -0.138. The molecule has 112 valence electrons. The van der Waals surface area contributed by atoms with Crippen molar-refractivity contribution in [3.05, 3.63) is 64.3 Å². The topological polar surface area (TPSA) is 34.0 Å². The zero-order chi connectivity index (χ0) is 15.5. The van der Waals surface area contributed by atoms with Crippen LogP contribution in [0.3, 0.4) is 0 Å². The number of hydrogen-bond donors (Lipinski definition) is 1. The first kappa shape index (κ1) is 15.1. The highest BCUT2D eigenvalue weighted by Crippen LogP contribution is 2.27. The molecule has 1 N–H and O–H groups in total. The molecule has 0 radical (unpaired) electrons. The molecule has 0 spiro atoms. The Morgan fingerprint density at radius 3 is 2.48 bits per heavy atom. The van der Waals surface area contributed by atoms with Crippen molar-refractivity contribution in [1.29, 1.82) is 0 Å². The molecular formula is C14H12F4N2O. The van der Waals surface area contributed by atoms with Crippen LogP contribution < -0.4 is 10.9 Å². The number of hydrogen-bond acceptors (Lipinski definition) is 2. The van der Waals surface area contributed by atoms with Gasteiger partial charge >= 0.3 is 6.18 Å². The summed E-state index contributed by atoms with van der Waals surface area (Å²) in [7, 11) is 0. The first-order valence-corrected chi connectivity index (χ1v) is 6.14. The molecule has 21 heavy (non-hydrogen) atoms. The van der Waals surface area contributed by atoms with Crippen molar-refractivity contribution in [2.24, 2.45) is 0 Å². The molecule has 1 aromatic carbocycles. The third-order valence-corrected chi connectivity index (χ3v) is 2.85. The van der Waals surface area contributed by atoms with Crippen LogP contribution in [0, 0.1) is 5.82 Å². The maximum atomic E-state index is 13.3. The Hall–Kier alpha value is -2.31. The number of nitrogens with zero attached hydrogens (tertiary/aromatic N) is 1. The maximum Gasteiger partial charge on any atom is 0.417 e. The Morgan fingerprint density at radius 1 is 1.10 bits per heavy atom. The summed E-state index contributed by atoms with van der Waals surface area (Å²) in [5.74, 6) is -0.464. The summed E-state index contributed by atoms with van der Waals surface area (Å²) in [4.78, 5) is 11.5. The average Bonchev–Trinajstić information content (AvgIpc) is 2.41. The number of aromatic nitrogens is 1. The van der Waals surface area contributed by atoms with Gasteiger partial charge in [-0.2, -0.15) is 13.2 Å². The molecule has 0 aliphatic rings. The Kier molecular flexibility index (Phi) is 4.30. The second-order valence-electron chi connectivity index (χ2n) is 4.35. The fraction of sp³-hybridized carbons (Fsp3) is 0.214. The smallest absolute Gasteiger partial charge is 0.381 e. The molecule has 0 saturated heterocycles. The summed E-state index contributed by atoms with van der Waals surface area (Å²) < 4.78 is 52.0. The van der Waals surface area contributed by atoms with Crippen molar-refractivity contribution in [3.63, 3.8) is 0 Å². The molecule has 7 heteroatoms. The van der Waals surface area contributed by atoms with E-state index in [1.165, 1.54) is 18.2 Å². The molecule has 0 saturated carbocycles. The van der Waals surface area contributed by atoms with E-state index in [0.717, 1.165) is 22.9 Å². The molecule has 3 nitrogen and oxygen atoms in total. The van der Waals surface area contributed by atoms with Gasteiger partial charge in [0.05, 0.1) is 11.3 Å². The van der Waals surface area contributed by atoms with Gasteiger partial charge in [0.25, 0.3) is 5.56 Å².